The van der Waals surface area contributed by atoms with Crippen molar-refractivity contribution >= 4 is 17.8 Å². The molecule has 2 amide bonds. The summed E-state index contributed by atoms with van der Waals surface area (Å²) in [7, 11) is 0. The lowest BCUT2D eigenvalue weighted by Gasteiger charge is -2.33. The van der Waals surface area contributed by atoms with Gasteiger partial charge in [0.1, 0.15) is 18.1 Å². The number of rotatable bonds is 4. The molecule has 0 aliphatic carbocycles. The summed E-state index contributed by atoms with van der Waals surface area (Å²) in [6, 6.07) is -1.09. The van der Waals surface area contributed by atoms with Gasteiger partial charge in [0.15, 0.2) is 0 Å². The fraction of sp³-hybridized carbons (Fsp3) is 0.429. The van der Waals surface area contributed by atoms with Gasteiger partial charge in [0, 0.05) is 25.5 Å². The molecule has 2 aliphatic heterocycles. The molecule has 1 aromatic heterocycles. The van der Waals surface area contributed by atoms with Crippen molar-refractivity contribution in [1.29, 1.82) is 0 Å². The number of hydrogen-bond acceptors (Lipinski definition) is 6. The lowest BCUT2D eigenvalue weighted by atomic mass is 9.77. The van der Waals surface area contributed by atoms with Crippen LogP contribution in [0.1, 0.15) is 33.5 Å². The van der Waals surface area contributed by atoms with E-state index >= 15 is 0 Å². The van der Waals surface area contributed by atoms with E-state index in [1.54, 1.807) is 0 Å². The molecule has 0 bridgehead atoms. The van der Waals surface area contributed by atoms with Gasteiger partial charge in [0.05, 0.1) is 16.7 Å². The van der Waals surface area contributed by atoms with Gasteiger partial charge in [-0.25, -0.2) is 15.4 Å². The Labute approximate surface area is 207 Å². The van der Waals surface area contributed by atoms with Crippen LogP contribution in [0.3, 0.4) is 0 Å². The molecule has 2 fully saturated rings. The molecule has 2 N–H and O–H groups in total. The van der Waals surface area contributed by atoms with E-state index in [0.717, 1.165) is 17.3 Å². The van der Waals surface area contributed by atoms with Crippen LogP contribution >= 0.6 is 0 Å². The van der Waals surface area contributed by atoms with Gasteiger partial charge in [-0.15, -0.1) is 0 Å². The van der Waals surface area contributed by atoms with Gasteiger partial charge in [-0.1, -0.05) is 0 Å². The smallest absolute Gasteiger partial charge is 0.340 e. The van der Waals surface area contributed by atoms with Crippen LogP contribution in [0.2, 0.25) is 0 Å². The summed E-state index contributed by atoms with van der Waals surface area (Å²) >= 11 is 0. The minimum absolute atomic E-state index is 0.0728. The molecule has 0 spiro atoms. The van der Waals surface area contributed by atoms with Crippen molar-refractivity contribution in [1.82, 2.24) is 20.8 Å². The van der Waals surface area contributed by atoms with Gasteiger partial charge < -0.3 is 10.2 Å². The first kappa shape index (κ1) is 27.4. The van der Waals surface area contributed by atoms with Gasteiger partial charge in [0.2, 0.25) is 5.95 Å². The molecule has 2 atom stereocenters. The van der Waals surface area contributed by atoms with Gasteiger partial charge in [-0.05, 0) is 30.2 Å². The Morgan fingerprint density at radius 1 is 1.00 bits per heavy atom. The number of aromatic nitrogens is 2. The zero-order chi connectivity index (χ0) is 28.1. The number of hydroxylamine groups is 1. The summed E-state index contributed by atoms with van der Waals surface area (Å²) in [5, 5.41) is 2.32. The second-order valence-corrected chi connectivity index (χ2v) is 8.62. The maximum absolute atomic E-state index is 14.3. The van der Waals surface area contributed by atoms with Gasteiger partial charge in [0.25, 0.3) is 11.8 Å². The third-order valence-electron chi connectivity index (χ3n) is 6.18. The standard InChI is InChI=1S/C21H16F9N5O3/c22-19(23,24)12-3-11(4-13(5-12)20(25,26)27)18(21(28,29)30)1-2-35(9-18)17-31-6-10(7-32-17)15(36)33-14-8-38-34-16(14)37/h3-7,14H,1-2,8-9H2,(H,33,36)(H,34,37). The second-order valence-electron chi connectivity index (χ2n) is 8.62. The molecule has 2 saturated heterocycles. The minimum Gasteiger partial charge on any atom is -0.340 e. The first-order valence-corrected chi connectivity index (χ1v) is 10.7. The Morgan fingerprint density at radius 2 is 1.58 bits per heavy atom. The SMILES string of the molecule is O=C(NC1CONC1=O)c1cnc(N2CCC(c3cc(C(F)(F)F)cc(C(F)(F)F)c3)(C(F)(F)F)C2)nc1. The number of anilines is 1. The molecule has 0 saturated carbocycles. The summed E-state index contributed by atoms with van der Waals surface area (Å²) in [5.74, 6) is -1.74. The Balaban J connectivity index is 1.63. The molecule has 0 radical (unpaired) electrons. The molecular formula is C21H16F9N5O3. The van der Waals surface area contributed by atoms with Crippen molar-refractivity contribution in [3.05, 3.63) is 52.8 Å². The molecule has 3 heterocycles. The number of hydrogen-bond donors (Lipinski definition) is 2. The molecule has 2 unspecified atom stereocenters. The Bertz CT molecular complexity index is 1200. The van der Waals surface area contributed by atoms with Gasteiger partial charge in [-0.2, -0.15) is 39.5 Å². The zero-order valence-electron chi connectivity index (χ0n) is 18.8. The van der Waals surface area contributed by atoms with Crippen LogP contribution in [0.25, 0.3) is 0 Å². The van der Waals surface area contributed by atoms with Crippen molar-refractivity contribution in [3.8, 4) is 0 Å². The Hall–Kier alpha value is -3.63. The predicted molar refractivity (Wildman–Crippen MR) is 108 cm³/mol. The first-order valence-electron chi connectivity index (χ1n) is 10.7. The van der Waals surface area contributed by atoms with E-state index in [4.69, 9.17) is 0 Å². The molecule has 2 aromatic rings. The minimum atomic E-state index is -5.33. The molecule has 38 heavy (non-hydrogen) atoms. The highest BCUT2D eigenvalue weighted by atomic mass is 19.4. The van der Waals surface area contributed by atoms with Crippen LogP contribution in [-0.2, 0) is 27.4 Å². The maximum Gasteiger partial charge on any atom is 0.416 e. The topological polar surface area (TPSA) is 96.5 Å². The predicted octanol–water partition coefficient (Wildman–Crippen LogP) is 3.38. The van der Waals surface area contributed by atoms with E-state index in [1.165, 1.54) is 0 Å². The summed E-state index contributed by atoms with van der Waals surface area (Å²) < 4.78 is 123. The van der Waals surface area contributed by atoms with E-state index in [1.807, 2.05) is 5.48 Å². The molecule has 8 nitrogen and oxygen atoms in total. The van der Waals surface area contributed by atoms with Crippen molar-refractivity contribution in [3.63, 3.8) is 0 Å². The average molecular weight is 557 g/mol. The van der Waals surface area contributed by atoms with E-state index < -0.39 is 78.0 Å². The molecule has 206 valence electrons. The number of halogens is 9. The number of alkyl halides is 9. The van der Waals surface area contributed by atoms with E-state index in [0.29, 0.717) is 0 Å². The van der Waals surface area contributed by atoms with Crippen LogP contribution in [0.15, 0.2) is 30.6 Å². The monoisotopic (exact) mass is 557 g/mol. The lowest BCUT2D eigenvalue weighted by molar-refractivity contribution is -0.185. The third-order valence-corrected chi connectivity index (χ3v) is 6.18. The van der Waals surface area contributed by atoms with Crippen LogP contribution in [-0.4, -0.2) is 53.7 Å². The Morgan fingerprint density at radius 3 is 2.05 bits per heavy atom. The number of nitrogens with one attached hydrogen (secondary N) is 2. The number of carbonyl (C=O) groups excluding carboxylic acids is 2. The van der Waals surface area contributed by atoms with Crippen LogP contribution < -0.4 is 15.7 Å². The van der Waals surface area contributed by atoms with Gasteiger partial charge >= 0.3 is 18.5 Å². The van der Waals surface area contributed by atoms with E-state index in [2.05, 4.69) is 20.1 Å². The molecular weight excluding hydrogens is 541 g/mol. The average Bonchev–Trinajstić information content (AvgIpc) is 3.45. The first-order chi connectivity index (χ1) is 17.5. The summed E-state index contributed by atoms with van der Waals surface area (Å²) in [4.78, 5) is 37.0. The van der Waals surface area contributed by atoms with Crippen LogP contribution in [0, 0.1) is 0 Å². The van der Waals surface area contributed by atoms with E-state index in [9.17, 15) is 49.1 Å². The highest BCUT2D eigenvalue weighted by Gasteiger charge is 2.60. The summed E-state index contributed by atoms with van der Waals surface area (Å²) in [6.45, 7) is -1.68. The largest absolute Gasteiger partial charge is 0.416 e. The fourth-order valence-corrected chi connectivity index (χ4v) is 4.14. The summed E-state index contributed by atoms with van der Waals surface area (Å²) in [5.41, 5.74) is -6.16. The molecule has 17 heteroatoms. The number of nitrogens with zero attached hydrogens (tertiary/aromatic N) is 3. The second kappa shape index (κ2) is 9.28. The van der Waals surface area contributed by atoms with Crippen LogP contribution in [0.4, 0.5) is 45.5 Å². The molecule has 1 aromatic carbocycles. The highest BCUT2D eigenvalue weighted by Crippen LogP contribution is 2.50. The van der Waals surface area contributed by atoms with Crippen molar-refractivity contribution in [2.24, 2.45) is 0 Å². The highest BCUT2D eigenvalue weighted by molar-refractivity contribution is 5.97. The summed E-state index contributed by atoms with van der Waals surface area (Å²) in [6.07, 6.45) is -14.9. The molecule has 4 rings (SSSR count). The number of amides is 2. The van der Waals surface area contributed by atoms with Crippen molar-refractivity contribution in [2.45, 2.75) is 36.4 Å². The number of benzene rings is 1. The maximum atomic E-state index is 14.3. The third kappa shape index (κ3) is 5.19. The van der Waals surface area contributed by atoms with Crippen LogP contribution in [0.5, 0.6) is 0 Å². The van der Waals surface area contributed by atoms with Gasteiger partial charge in [-0.3, -0.25) is 14.4 Å². The zero-order valence-corrected chi connectivity index (χ0v) is 18.8. The van der Waals surface area contributed by atoms with Crippen molar-refractivity contribution < 1.29 is 53.9 Å². The quantitative estimate of drug-likeness (QED) is 0.560. The van der Waals surface area contributed by atoms with Crippen molar-refractivity contribution in [2.75, 3.05) is 24.6 Å². The lowest BCUT2D eigenvalue weighted by Crippen LogP contribution is -2.45. The molecule has 2 aliphatic rings. The Kier molecular flexibility index (Phi) is 6.70. The number of carbonyl (C=O) groups is 2. The van der Waals surface area contributed by atoms with E-state index in [-0.39, 0.29) is 36.3 Å². The normalized spacial score (nSPS) is 22.5. The fourth-order valence-electron chi connectivity index (χ4n) is 4.14.